The van der Waals surface area contributed by atoms with Crippen LogP contribution in [0.3, 0.4) is 0 Å². The standard InChI is InChI=1S/C18H36/c1-18-16-14-12-10-8-6-4-2-3-5-7-9-11-13-15-17-18/h18H,2-17H2,1H3. The predicted octanol–water partition coefficient (Wildman–Crippen LogP) is 6.88. The smallest absolute Gasteiger partial charge is 0.0443 e. The van der Waals surface area contributed by atoms with Crippen molar-refractivity contribution in [3.8, 4) is 0 Å². The first-order chi connectivity index (χ1) is 8.89. The van der Waals surface area contributed by atoms with Gasteiger partial charge in [-0.2, -0.15) is 0 Å². The molecule has 18 heavy (non-hydrogen) atoms. The van der Waals surface area contributed by atoms with Gasteiger partial charge in [0.1, 0.15) is 0 Å². The second kappa shape index (κ2) is 12.1. The van der Waals surface area contributed by atoms with E-state index in [1.807, 2.05) is 0 Å². The van der Waals surface area contributed by atoms with Gasteiger partial charge in [-0.05, 0) is 5.92 Å². The van der Waals surface area contributed by atoms with Crippen LogP contribution < -0.4 is 0 Å². The second-order valence-electron chi connectivity index (χ2n) is 6.63. The molecule has 0 aromatic heterocycles. The van der Waals surface area contributed by atoms with E-state index in [1.165, 1.54) is 103 Å². The van der Waals surface area contributed by atoms with E-state index < -0.39 is 0 Å². The van der Waals surface area contributed by atoms with Crippen molar-refractivity contribution in [1.29, 1.82) is 0 Å². The maximum absolute atomic E-state index is 2.47. The van der Waals surface area contributed by atoms with Crippen LogP contribution in [0.2, 0.25) is 0 Å². The highest BCUT2D eigenvalue weighted by molar-refractivity contribution is 4.56. The molecule has 0 aromatic carbocycles. The minimum absolute atomic E-state index is 0.987. The summed E-state index contributed by atoms with van der Waals surface area (Å²) in [6.07, 6.45) is 23.9. The number of rotatable bonds is 0. The topological polar surface area (TPSA) is 0 Å². The van der Waals surface area contributed by atoms with Gasteiger partial charge in [0, 0.05) is 0 Å². The van der Waals surface area contributed by atoms with Gasteiger partial charge in [0.25, 0.3) is 0 Å². The Morgan fingerprint density at radius 1 is 0.389 bits per heavy atom. The molecule has 0 nitrogen and oxygen atoms in total. The van der Waals surface area contributed by atoms with Crippen molar-refractivity contribution in [1.82, 2.24) is 0 Å². The molecule has 0 heteroatoms. The van der Waals surface area contributed by atoms with E-state index in [0.29, 0.717) is 0 Å². The van der Waals surface area contributed by atoms with E-state index in [1.54, 1.807) is 0 Å². The summed E-state index contributed by atoms with van der Waals surface area (Å²) < 4.78 is 0. The van der Waals surface area contributed by atoms with Crippen molar-refractivity contribution in [2.75, 3.05) is 0 Å². The average molecular weight is 252 g/mol. The molecule has 0 saturated heterocycles. The maximum Gasteiger partial charge on any atom is -0.0443 e. The van der Waals surface area contributed by atoms with Crippen LogP contribution in [-0.4, -0.2) is 0 Å². The van der Waals surface area contributed by atoms with Gasteiger partial charge in [0.2, 0.25) is 0 Å². The van der Waals surface area contributed by atoms with Crippen LogP contribution in [-0.2, 0) is 0 Å². The summed E-state index contributed by atoms with van der Waals surface area (Å²) in [5.41, 5.74) is 0. The predicted molar refractivity (Wildman–Crippen MR) is 83.0 cm³/mol. The van der Waals surface area contributed by atoms with Crippen molar-refractivity contribution in [2.24, 2.45) is 5.92 Å². The highest BCUT2D eigenvalue weighted by atomic mass is 14.1. The van der Waals surface area contributed by atoms with Crippen molar-refractivity contribution in [3.63, 3.8) is 0 Å². The van der Waals surface area contributed by atoms with Crippen LogP contribution in [0, 0.1) is 5.92 Å². The highest BCUT2D eigenvalue weighted by Crippen LogP contribution is 2.19. The van der Waals surface area contributed by atoms with Crippen molar-refractivity contribution >= 4 is 0 Å². The Hall–Kier alpha value is 0. The fraction of sp³-hybridized carbons (Fsp3) is 1.00. The third kappa shape index (κ3) is 9.97. The fourth-order valence-corrected chi connectivity index (χ4v) is 3.25. The summed E-state index contributed by atoms with van der Waals surface area (Å²) in [6, 6.07) is 0. The van der Waals surface area contributed by atoms with Gasteiger partial charge < -0.3 is 0 Å². The van der Waals surface area contributed by atoms with Crippen LogP contribution >= 0.6 is 0 Å². The minimum atomic E-state index is 0.987. The molecule has 1 rings (SSSR count). The molecule has 108 valence electrons. The van der Waals surface area contributed by atoms with E-state index in [2.05, 4.69) is 6.92 Å². The van der Waals surface area contributed by atoms with Gasteiger partial charge in [0.05, 0.1) is 0 Å². The van der Waals surface area contributed by atoms with Crippen LogP contribution in [0.5, 0.6) is 0 Å². The summed E-state index contributed by atoms with van der Waals surface area (Å²) in [6.45, 7) is 2.47. The Balaban J connectivity index is 2.09. The number of hydrogen-bond donors (Lipinski definition) is 0. The van der Waals surface area contributed by atoms with Crippen molar-refractivity contribution in [3.05, 3.63) is 0 Å². The Labute approximate surface area is 116 Å². The summed E-state index contributed by atoms with van der Waals surface area (Å²) in [4.78, 5) is 0. The molecule has 1 saturated carbocycles. The molecule has 0 unspecified atom stereocenters. The van der Waals surface area contributed by atoms with Gasteiger partial charge in [-0.1, -0.05) is 110 Å². The lowest BCUT2D eigenvalue weighted by atomic mass is 9.96. The third-order valence-corrected chi connectivity index (χ3v) is 4.64. The Morgan fingerprint density at radius 3 is 0.889 bits per heavy atom. The van der Waals surface area contributed by atoms with E-state index in [-0.39, 0.29) is 0 Å². The molecule has 0 heterocycles. The molecule has 0 bridgehead atoms. The van der Waals surface area contributed by atoms with Gasteiger partial charge in [-0.15, -0.1) is 0 Å². The molecule has 0 atom stereocenters. The molecule has 1 aliphatic rings. The monoisotopic (exact) mass is 252 g/mol. The molecule has 0 N–H and O–H groups in total. The van der Waals surface area contributed by atoms with Gasteiger partial charge >= 0.3 is 0 Å². The lowest BCUT2D eigenvalue weighted by Crippen LogP contribution is -1.95. The molecule has 0 spiro atoms. The van der Waals surface area contributed by atoms with E-state index in [4.69, 9.17) is 0 Å². The minimum Gasteiger partial charge on any atom is -0.0625 e. The normalized spacial score (nSPS) is 24.5. The lowest BCUT2D eigenvalue weighted by molar-refractivity contribution is 0.432. The Bertz CT molecular complexity index is 143. The highest BCUT2D eigenvalue weighted by Gasteiger charge is 2.02. The second-order valence-corrected chi connectivity index (χ2v) is 6.63. The van der Waals surface area contributed by atoms with Crippen LogP contribution in [0.15, 0.2) is 0 Å². The largest absolute Gasteiger partial charge is 0.0625 e. The first-order valence-electron chi connectivity index (χ1n) is 8.89. The molecule has 1 fully saturated rings. The zero-order chi connectivity index (χ0) is 12.9. The summed E-state index contributed by atoms with van der Waals surface area (Å²) >= 11 is 0. The summed E-state index contributed by atoms with van der Waals surface area (Å²) in [7, 11) is 0. The van der Waals surface area contributed by atoms with Gasteiger partial charge in [0.15, 0.2) is 0 Å². The van der Waals surface area contributed by atoms with E-state index >= 15 is 0 Å². The average Bonchev–Trinajstić information content (AvgIpc) is 2.37. The molecule has 0 aromatic rings. The van der Waals surface area contributed by atoms with Crippen molar-refractivity contribution < 1.29 is 0 Å². The summed E-state index contributed by atoms with van der Waals surface area (Å²) in [5, 5.41) is 0. The molecule has 0 aliphatic heterocycles. The zero-order valence-corrected chi connectivity index (χ0v) is 12.9. The van der Waals surface area contributed by atoms with Gasteiger partial charge in [-0.3, -0.25) is 0 Å². The maximum atomic E-state index is 2.47. The quantitative estimate of drug-likeness (QED) is 0.441. The van der Waals surface area contributed by atoms with Crippen LogP contribution in [0.25, 0.3) is 0 Å². The summed E-state index contributed by atoms with van der Waals surface area (Å²) in [5.74, 6) is 0.987. The zero-order valence-electron chi connectivity index (χ0n) is 12.9. The van der Waals surface area contributed by atoms with E-state index in [9.17, 15) is 0 Å². The third-order valence-electron chi connectivity index (χ3n) is 4.64. The first kappa shape index (κ1) is 16.1. The van der Waals surface area contributed by atoms with Crippen LogP contribution in [0.4, 0.5) is 0 Å². The van der Waals surface area contributed by atoms with Gasteiger partial charge in [-0.25, -0.2) is 0 Å². The Morgan fingerprint density at radius 2 is 0.611 bits per heavy atom. The lowest BCUT2D eigenvalue weighted by Gasteiger charge is -2.10. The SMILES string of the molecule is CC1CCCCCCCCCCCCCCCC1. The van der Waals surface area contributed by atoms with E-state index in [0.717, 1.165) is 5.92 Å². The van der Waals surface area contributed by atoms with Crippen molar-refractivity contribution in [2.45, 2.75) is 110 Å². The molecule has 1 aliphatic carbocycles. The molecule has 0 radical (unpaired) electrons. The Kier molecular flexibility index (Phi) is 10.8. The molecular formula is C18H36. The first-order valence-corrected chi connectivity index (χ1v) is 8.89. The number of hydrogen-bond acceptors (Lipinski definition) is 0. The fourth-order valence-electron chi connectivity index (χ4n) is 3.25. The molecular weight excluding hydrogens is 216 g/mol. The van der Waals surface area contributed by atoms with Crippen LogP contribution in [0.1, 0.15) is 110 Å². The molecule has 0 amide bonds.